The van der Waals surface area contributed by atoms with Crippen molar-refractivity contribution in [2.45, 2.75) is 59.0 Å². The molecule has 0 aliphatic heterocycles. The zero-order valence-corrected chi connectivity index (χ0v) is 12.6. The van der Waals surface area contributed by atoms with Gasteiger partial charge in [0.05, 0.1) is 12.3 Å². The van der Waals surface area contributed by atoms with E-state index in [-0.39, 0.29) is 11.6 Å². The fourth-order valence-corrected chi connectivity index (χ4v) is 2.08. The maximum atomic E-state index is 8.94. The molecule has 0 aliphatic carbocycles. The highest BCUT2D eigenvalue weighted by Crippen LogP contribution is 2.37. The minimum atomic E-state index is -1.76. The normalized spacial score (nSPS) is 13.1. The Kier molecular flexibility index (Phi) is 4.17. The van der Waals surface area contributed by atoms with Gasteiger partial charge in [0.25, 0.3) is 0 Å². The number of nitrogens with zero attached hydrogens (tertiary/aromatic N) is 1. The summed E-state index contributed by atoms with van der Waals surface area (Å²) in [5.74, 6) is 1.08. The maximum absolute atomic E-state index is 8.94. The van der Waals surface area contributed by atoms with E-state index in [0.717, 1.165) is 11.5 Å². The first-order valence-corrected chi connectivity index (χ1v) is 8.78. The molecule has 17 heavy (non-hydrogen) atoms. The van der Waals surface area contributed by atoms with Crippen LogP contribution in [-0.2, 0) is 17.6 Å². The number of rotatable bonds is 4. The van der Waals surface area contributed by atoms with E-state index in [0.29, 0.717) is 12.5 Å². The number of hydrogen-bond acceptors (Lipinski definition) is 4. The first-order chi connectivity index (χ1) is 7.67. The molecule has 0 radical (unpaired) electrons. The van der Waals surface area contributed by atoms with Crippen LogP contribution in [0.3, 0.4) is 0 Å². The van der Waals surface area contributed by atoms with Crippen molar-refractivity contribution in [3.05, 3.63) is 17.3 Å². The number of hydrogen-bond donors (Lipinski definition) is 1. The van der Waals surface area contributed by atoms with Gasteiger partial charge in [-0.15, -0.1) is 0 Å². The van der Waals surface area contributed by atoms with E-state index in [1.165, 1.54) is 0 Å². The van der Waals surface area contributed by atoms with Crippen LogP contribution in [0, 0.1) is 6.92 Å². The van der Waals surface area contributed by atoms with Crippen molar-refractivity contribution in [2.75, 3.05) is 0 Å². The monoisotopic (exact) mass is 257 g/mol. The third kappa shape index (κ3) is 3.40. The molecule has 1 N–H and O–H groups in total. The molecule has 0 fully saturated rings. The summed E-state index contributed by atoms with van der Waals surface area (Å²) in [6.45, 7) is 13.1. The summed E-state index contributed by atoms with van der Waals surface area (Å²) in [6, 6.07) is 0. The van der Waals surface area contributed by atoms with Gasteiger partial charge in [-0.25, -0.2) is 4.98 Å². The Balaban J connectivity index is 2.70. The van der Waals surface area contributed by atoms with Gasteiger partial charge in [-0.2, -0.15) is 0 Å². The van der Waals surface area contributed by atoms with Crippen molar-refractivity contribution < 1.29 is 13.9 Å². The number of oxazole rings is 1. The third-order valence-corrected chi connectivity index (χ3v) is 7.92. The SMILES string of the molecule is Cc1nc(CO)oc1CO[Si](C)(C)C(C)(C)C. The van der Waals surface area contributed by atoms with Crippen molar-refractivity contribution in [2.24, 2.45) is 0 Å². The maximum Gasteiger partial charge on any atom is 0.220 e. The summed E-state index contributed by atoms with van der Waals surface area (Å²) >= 11 is 0. The fraction of sp³-hybridized carbons (Fsp3) is 0.750. The molecule has 1 aromatic rings. The van der Waals surface area contributed by atoms with E-state index in [9.17, 15) is 0 Å². The third-order valence-electron chi connectivity index (χ3n) is 3.44. The molecule has 98 valence electrons. The minimum Gasteiger partial charge on any atom is -0.440 e. The molecule has 0 amide bonds. The molecule has 1 aromatic heterocycles. The molecule has 4 nitrogen and oxygen atoms in total. The van der Waals surface area contributed by atoms with Crippen molar-refractivity contribution in [1.29, 1.82) is 0 Å². The summed E-state index contributed by atoms with van der Waals surface area (Å²) in [4.78, 5) is 4.11. The van der Waals surface area contributed by atoms with E-state index >= 15 is 0 Å². The number of aliphatic hydroxyl groups is 1. The van der Waals surface area contributed by atoms with Crippen LogP contribution in [-0.4, -0.2) is 18.4 Å². The van der Waals surface area contributed by atoms with Crippen LogP contribution in [0.1, 0.15) is 38.1 Å². The Bertz CT molecular complexity index is 380. The lowest BCUT2D eigenvalue weighted by Crippen LogP contribution is -2.40. The summed E-state index contributed by atoms with van der Waals surface area (Å²) in [5, 5.41) is 9.13. The van der Waals surface area contributed by atoms with Gasteiger partial charge >= 0.3 is 0 Å². The molecule has 0 saturated heterocycles. The standard InChI is InChI=1S/C12H23NO3Si/c1-9-10(16-11(7-14)13-9)8-15-17(5,6)12(2,3)4/h14H,7-8H2,1-6H3. The molecule has 0 aliphatic rings. The number of aliphatic hydroxyl groups excluding tert-OH is 1. The average Bonchev–Trinajstić information content (AvgIpc) is 2.55. The van der Waals surface area contributed by atoms with Crippen LogP contribution in [0.15, 0.2) is 4.42 Å². The van der Waals surface area contributed by atoms with E-state index < -0.39 is 8.32 Å². The summed E-state index contributed by atoms with van der Waals surface area (Å²) in [5.41, 5.74) is 0.799. The van der Waals surface area contributed by atoms with Gasteiger partial charge in [-0.3, -0.25) is 0 Å². The van der Waals surface area contributed by atoms with E-state index in [4.69, 9.17) is 13.9 Å². The largest absolute Gasteiger partial charge is 0.440 e. The Hall–Kier alpha value is -0.653. The lowest BCUT2D eigenvalue weighted by Gasteiger charge is -2.35. The van der Waals surface area contributed by atoms with Crippen LogP contribution in [0.5, 0.6) is 0 Å². The van der Waals surface area contributed by atoms with Gasteiger partial charge in [0.15, 0.2) is 14.1 Å². The van der Waals surface area contributed by atoms with Gasteiger partial charge in [-0.05, 0) is 25.1 Å². The van der Waals surface area contributed by atoms with Gasteiger partial charge in [0, 0.05) is 0 Å². The van der Waals surface area contributed by atoms with E-state index in [1.54, 1.807) is 0 Å². The fourth-order valence-electron chi connectivity index (χ4n) is 1.15. The zero-order valence-electron chi connectivity index (χ0n) is 11.6. The van der Waals surface area contributed by atoms with Crippen molar-refractivity contribution in [1.82, 2.24) is 4.98 Å². The molecular weight excluding hydrogens is 234 g/mol. The summed E-state index contributed by atoms with van der Waals surface area (Å²) < 4.78 is 11.4. The summed E-state index contributed by atoms with van der Waals surface area (Å²) in [7, 11) is -1.76. The second-order valence-corrected chi connectivity index (χ2v) is 10.6. The van der Waals surface area contributed by atoms with Crippen LogP contribution in [0.2, 0.25) is 18.1 Å². The molecule has 0 saturated carbocycles. The van der Waals surface area contributed by atoms with Crippen molar-refractivity contribution in [3.63, 3.8) is 0 Å². The van der Waals surface area contributed by atoms with Crippen LogP contribution < -0.4 is 0 Å². The van der Waals surface area contributed by atoms with Gasteiger partial charge in [-0.1, -0.05) is 20.8 Å². The molecule has 1 rings (SSSR count). The smallest absolute Gasteiger partial charge is 0.220 e. The van der Waals surface area contributed by atoms with Crippen LogP contribution in [0.25, 0.3) is 0 Å². The Morgan fingerprint density at radius 2 is 1.94 bits per heavy atom. The van der Waals surface area contributed by atoms with Gasteiger partial charge in [0.1, 0.15) is 6.61 Å². The first kappa shape index (κ1) is 14.4. The highest BCUT2D eigenvalue weighted by molar-refractivity contribution is 6.74. The minimum absolute atomic E-state index is 0.166. The summed E-state index contributed by atoms with van der Waals surface area (Å²) in [6.07, 6.45) is 0. The Labute approximate surface area is 104 Å². The number of aryl methyl sites for hydroxylation is 1. The Morgan fingerprint density at radius 1 is 1.35 bits per heavy atom. The topological polar surface area (TPSA) is 55.5 Å². The molecule has 0 bridgehead atoms. The van der Waals surface area contributed by atoms with E-state index in [2.05, 4.69) is 38.8 Å². The lowest BCUT2D eigenvalue weighted by molar-refractivity contribution is 0.212. The highest BCUT2D eigenvalue weighted by atomic mass is 28.4. The second-order valence-electron chi connectivity index (χ2n) is 5.82. The molecule has 1 heterocycles. The second kappa shape index (κ2) is 4.92. The predicted octanol–water partition coefficient (Wildman–Crippen LogP) is 3.00. The predicted molar refractivity (Wildman–Crippen MR) is 69.1 cm³/mol. The highest BCUT2D eigenvalue weighted by Gasteiger charge is 2.37. The number of aromatic nitrogens is 1. The quantitative estimate of drug-likeness (QED) is 0.842. The van der Waals surface area contributed by atoms with Gasteiger partial charge in [0.2, 0.25) is 5.89 Å². The zero-order chi connectivity index (χ0) is 13.3. The average molecular weight is 257 g/mol. The van der Waals surface area contributed by atoms with Crippen LogP contribution >= 0.6 is 0 Å². The van der Waals surface area contributed by atoms with Gasteiger partial charge < -0.3 is 13.9 Å². The lowest BCUT2D eigenvalue weighted by atomic mass is 10.2. The van der Waals surface area contributed by atoms with E-state index in [1.807, 2.05) is 6.92 Å². The molecule has 0 unspecified atom stereocenters. The molecule has 0 spiro atoms. The van der Waals surface area contributed by atoms with Crippen LogP contribution in [0.4, 0.5) is 0 Å². The molecular formula is C12H23NO3Si. The first-order valence-electron chi connectivity index (χ1n) is 5.87. The molecule has 0 aromatic carbocycles. The Morgan fingerprint density at radius 3 is 2.35 bits per heavy atom. The van der Waals surface area contributed by atoms with Crippen molar-refractivity contribution >= 4 is 8.32 Å². The molecule has 0 atom stereocenters. The molecule has 5 heteroatoms. The van der Waals surface area contributed by atoms with Crippen molar-refractivity contribution in [3.8, 4) is 0 Å².